The normalized spacial score (nSPS) is 12.8. The molecule has 2 heterocycles. The van der Waals surface area contributed by atoms with E-state index in [4.69, 9.17) is 4.74 Å². The van der Waals surface area contributed by atoms with Gasteiger partial charge in [-0.15, -0.1) is 11.3 Å². The second-order valence-corrected chi connectivity index (χ2v) is 5.79. The van der Waals surface area contributed by atoms with Crippen molar-refractivity contribution in [3.05, 3.63) is 39.8 Å². The fraction of sp³-hybridized carbons (Fsp3) is 0.500. The lowest BCUT2D eigenvalue weighted by molar-refractivity contribution is 0.0297. The first-order chi connectivity index (χ1) is 9.66. The molecular weight excluding hydrogens is 274 g/mol. The van der Waals surface area contributed by atoms with Crippen LogP contribution in [-0.4, -0.2) is 34.1 Å². The largest absolute Gasteiger partial charge is 0.389 e. The number of ether oxygens (including phenoxy) is 1. The Morgan fingerprint density at radius 3 is 3.05 bits per heavy atom. The first-order valence-corrected chi connectivity index (χ1v) is 7.51. The van der Waals surface area contributed by atoms with Crippen LogP contribution in [-0.2, 0) is 24.9 Å². The molecule has 1 atom stereocenters. The van der Waals surface area contributed by atoms with Crippen LogP contribution < -0.4 is 5.32 Å². The molecule has 6 heteroatoms. The van der Waals surface area contributed by atoms with Crippen molar-refractivity contribution in [2.75, 3.05) is 13.2 Å². The van der Waals surface area contributed by atoms with Crippen molar-refractivity contribution in [3.8, 4) is 0 Å². The lowest BCUT2D eigenvalue weighted by Gasteiger charge is -2.12. The molecule has 0 spiro atoms. The van der Waals surface area contributed by atoms with Crippen molar-refractivity contribution in [1.82, 2.24) is 15.1 Å². The van der Waals surface area contributed by atoms with Gasteiger partial charge in [0.15, 0.2) is 0 Å². The molecule has 2 aromatic heterocycles. The van der Waals surface area contributed by atoms with Crippen molar-refractivity contribution >= 4 is 11.3 Å². The standard InChI is InChI=1S/C14H21N3O2S/c1-11-12(7-16-17(11)2)6-15-8-13(18)9-19-10-14-4-3-5-20-14/h3-5,7,13,15,18H,6,8-10H2,1-2H3. The van der Waals surface area contributed by atoms with Crippen LogP contribution in [0.5, 0.6) is 0 Å². The topological polar surface area (TPSA) is 59.3 Å². The predicted molar refractivity (Wildman–Crippen MR) is 79.6 cm³/mol. The zero-order valence-corrected chi connectivity index (χ0v) is 12.7. The Bertz CT molecular complexity index is 510. The molecule has 0 bridgehead atoms. The number of rotatable bonds is 8. The second kappa shape index (κ2) is 7.54. The number of aliphatic hydroxyl groups is 1. The molecule has 1 unspecified atom stereocenters. The van der Waals surface area contributed by atoms with Crippen molar-refractivity contribution in [2.45, 2.75) is 26.2 Å². The zero-order valence-electron chi connectivity index (χ0n) is 11.9. The second-order valence-electron chi connectivity index (χ2n) is 4.76. The van der Waals surface area contributed by atoms with Gasteiger partial charge in [0, 0.05) is 36.3 Å². The third-order valence-electron chi connectivity index (χ3n) is 3.17. The van der Waals surface area contributed by atoms with Gasteiger partial charge in [-0.1, -0.05) is 6.07 Å². The van der Waals surface area contributed by atoms with E-state index in [2.05, 4.69) is 10.4 Å². The molecule has 20 heavy (non-hydrogen) atoms. The number of aliphatic hydroxyl groups excluding tert-OH is 1. The maximum Gasteiger partial charge on any atom is 0.0897 e. The fourth-order valence-corrected chi connectivity index (χ4v) is 2.48. The summed E-state index contributed by atoms with van der Waals surface area (Å²) in [5, 5.41) is 19.2. The van der Waals surface area contributed by atoms with Gasteiger partial charge in [-0.05, 0) is 18.4 Å². The van der Waals surface area contributed by atoms with Gasteiger partial charge in [-0.25, -0.2) is 0 Å². The number of aromatic nitrogens is 2. The number of nitrogens with one attached hydrogen (secondary N) is 1. The Morgan fingerprint density at radius 1 is 1.55 bits per heavy atom. The third kappa shape index (κ3) is 4.42. The smallest absolute Gasteiger partial charge is 0.0897 e. The highest BCUT2D eigenvalue weighted by molar-refractivity contribution is 7.09. The molecule has 0 radical (unpaired) electrons. The minimum atomic E-state index is -0.494. The Labute approximate surface area is 123 Å². The third-order valence-corrected chi connectivity index (χ3v) is 4.02. The van der Waals surface area contributed by atoms with Gasteiger partial charge in [0.2, 0.25) is 0 Å². The lowest BCUT2D eigenvalue weighted by atomic mass is 10.2. The van der Waals surface area contributed by atoms with Crippen LogP contribution in [0.15, 0.2) is 23.7 Å². The van der Waals surface area contributed by atoms with Gasteiger partial charge in [-0.3, -0.25) is 4.68 Å². The van der Waals surface area contributed by atoms with Crippen LogP contribution in [0.1, 0.15) is 16.1 Å². The SMILES string of the molecule is Cc1c(CNCC(O)COCc2cccs2)cnn1C. The Kier molecular flexibility index (Phi) is 5.72. The summed E-state index contributed by atoms with van der Waals surface area (Å²) < 4.78 is 7.32. The van der Waals surface area contributed by atoms with Crippen LogP contribution in [0.3, 0.4) is 0 Å². The average Bonchev–Trinajstić information content (AvgIpc) is 3.04. The van der Waals surface area contributed by atoms with E-state index in [1.807, 2.05) is 42.4 Å². The summed E-state index contributed by atoms with van der Waals surface area (Å²) in [6, 6.07) is 4.03. The van der Waals surface area contributed by atoms with Gasteiger partial charge in [0.05, 0.1) is 25.5 Å². The van der Waals surface area contributed by atoms with Gasteiger partial charge in [-0.2, -0.15) is 5.10 Å². The van der Waals surface area contributed by atoms with E-state index < -0.39 is 6.10 Å². The highest BCUT2D eigenvalue weighted by Crippen LogP contribution is 2.09. The molecule has 0 aromatic carbocycles. The molecule has 2 rings (SSSR count). The van der Waals surface area contributed by atoms with Gasteiger partial charge in [0.1, 0.15) is 0 Å². The molecule has 5 nitrogen and oxygen atoms in total. The van der Waals surface area contributed by atoms with Crippen molar-refractivity contribution < 1.29 is 9.84 Å². The van der Waals surface area contributed by atoms with Crippen LogP contribution in [0.4, 0.5) is 0 Å². The highest BCUT2D eigenvalue weighted by Gasteiger charge is 2.07. The summed E-state index contributed by atoms with van der Waals surface area (Å²) in [6.45, 7) is 4.17. The molecule has 0 saturated heterocycles. The number of hydrogen-bond donors (Lipinski definition) is 2. The predicted octanol–water partition coefficient (Wildman–Crippen LogP) is 1.46. The Hall–Kier alpha value is -1.21. The lowest BCUT2D eigenvalue weighted by Crippen LogP contribution is -2.30. The molecule has 110 valence electrons. The van der Waals surface area contributed by atoms with E-state index in [1.54, 1.807) is 11.3 Å². The summed E-state index contributed by atoms with van der Waals surface area (Å²) >= 11 is 1.66. The van der Waals surface area contributed by atoms with Crippen molar-refractivity contribution in [2.24, 2.45) is 7.05 Å². The minimum Gasteiger partial charge on any atom is -0.389 e. The molecule has 0 aliphatic heterocycles. The number of nitrogens with zero attached hydrogens (tertiary/aromatic N) is 2. The van der Waals surface area contributed by atoms with E-state index in [-0.39, 0.29) is 0 Å². The first-order valence-electron chi connectivity index (χ1n) is 6.63. The molecule has 0 aliphatic rings. The molecule has 2 N–H and O–H groups in total. The molecule has 0 fully saturated rings. The summed E-state index contributed by atoms with van der Waals surface area (Å²) in [5.74, 6) is 0. The summed E-state index contributed by atoms with van der Waals surface area (Å²) in [5.41, 5.74) is 2.29. The molecular formula is C14H21N3O2S. The van der Waals surface area contributed by atoms with E-state index in [1.165, 1.54) is 4.88 Å². The average molecular weight is 295 g/mol. The van der Waals surface area contributed by atoms with Crippen molar-refractivity contribution in [1.29, 1.82) is 0 Å². The summed E-state index contributed by atoms with van der Waals surface area (Å²) in [7, 11) is 1.92. The minimum absolute atomic E-state index is 0.344. The number of thiophene rings is 1. The van der Waals surface area contributed by atoms with E-state index in [0.29, 0.717) is 26.3 Å². The Morgan fingerprint density at radius 2 is 2.40 bits per heavy atom. The van der Waals surface area contributed by atoms with Gasteiger partial charge >= 0.3 is 0 Å². The fourth-order valence-electron chi connectivity index (χ4n) is 1.84. The van der Waals surface area contributed by atoms with Crippen LogP contribution in [0.25, 0.3) is 0 Å². The summed E-state index contributed by atoms with van der Waals surface area (Å²) in [4.78, 5) is 1.18. The van der Waals surface area contributed by atoms with Crippen molar-refractivity contribution in [3.63, 3.8) is 0 Å². The maximum atomic E-state index is 9.83. The number of aryl methyl sites for hydroxylation is 1. The Balaban J connectivity index is 1.60. The van der Waals surface area contributed by atoms with Gasteiger partial charge in [0.25, 0.3) is 0 Å². The quantitative estimate of drug-likeness (QED) is 0.774. The maximum absolute atomic E-state index is 9.83. The zero-order chi connectivity index (χ0) is 14.4. The van der Waals surface area contributed by atoms with E-state index in [0.717, 1.165) is 11.3 Å². The first kappa shape index (κ1) is 15.2. The number of hydrogen-bond acceptors (Lipinski definition) is 5. The molecule has 0 saturated carbocycles. The van der Waals surface area contributed by atoms with Gasteiger partial charge < -0.3 is 15.2 Å². The van der Waals surface area contributed by atoms with E-state index >= 15 is 0 Å². The van der Waals surface area contributed by atoms with Crippen LogP contribution in [0.2, 0.25) is 0 Å². The van der Waals surface area contributed by atoms with E-state index in [9.17, 15) is 5.11 Å². The summed E-state index contributed by atoms with van der Waals surface area (Å²) in [6.07, 6.45) is 1.36. The monoisotopic (exact) mass is 295 g/mol. The molecule has 2 aromatic rings. The van der Waals surface area contributed by atoms with Crippen LogP contribution in [0, 0.1) is 6.92 Å². The highest BCUT2D eigenvalue weighted by atomic mass is 32.1. The molecule has 0 amide bonds. The van der Waals surface area contributed by atoms with Crippen LogP contribution >= 0.6 is 11.3 Å². The molecule has 0 aliphatic carbocycles.